The average Bonchev–Trinajstić information content (AvgIpc) is 3.25. The van der Waals surface area contributed by atoms with E-state index in [1.165, 1.54) is 14.2 Å². The molecule has 0 bridgehead atoms. The van der Waals surface area contributed by atoms with Crippen molar-refractivity contribution >= 4 is 38.9 Å². The van der Waals surface area contributed by atoms with E-state index in [0.29, 0.717) is 33.3 Å². The van der Waals surface area contributed by atoms with E-state index >= 15 is 0 Å². The molecule has 1 saturated heterocycles. The minimum Gasteiger partial charge on any atom is -0.493 e. The molecule has 0 aromatic heterocycles. The maximum atomic E-state index is 13.7. The van der Waals surface area contributed by atoms with Gasteiger partial charge in [0.15, 0.2) is 11.5 Å². The fraction of sp³-hybridized carbons (Fsp3) is 0.280. The van der Waals surface area contributed by atoms with Gasteiger partial charge in [-0.05, 0) is 37.2 Å². The summed E-state index contributed by atoms with van der Waals surface area (Å²) in [5.41, 5.74) is 1.32. The second-order valence-corrected chi connectivity index (χ2v) is 10.6. The van der Waals surface area contributed by atoms with Gasteiger partial charge in [-0.25, -0.2) is 8.42 Å². The van der Waals surface area contributed by atoms with Crippen LogP contribution in [0.5, 0.6) is 17.2 Å². The molecule has 0 amide bonds. The summed E-state index contributed by atoms with van der Waals surface area (Å²) in [6, 6.07) is 15.4. The van der Waals surface area contributed by atoms with E-state index < -0.39 is 10.0 Å². The van der Waals surface area contributed by atoms with Crippen LogP contribution in [0.4, 0.5) is 5.69 Å². The maximum Gasteiger partial charge on any atom is 0.264 e. The van der Waals surface area contributed by atoms with Crippen molar-refractivity contribution < 1.29 is 22.6 Å². The number of ether oxygens (including phenoxy) is 3. The molecule has 10 heteroatoms. The average molecular weight is 537 g/mol. The van der Waals surface area contributed by atoms with Gasteiger partial charge in [-0.1, -0.05) is 53.5 Å². The van der Waals surface area contributed by atoms with Gasteiger partial charge in [0, 0.05) is 24.7 Å². The van der Waals surface area contributed by atoms with E-state index in [2.05, 4.69) is 9.62 Å². The second-order valence-electron chi connectivity index (χ2n) is 8.21. The molecular weight excluding hydrogens is 511 g/mol. The molecule has 1 aliphatic rings. The van der Waals surface area contributed by atoms with Gasteiger partial charge in [0.05, 0.1) is 24.9 Å². The maximum absolute atomic E-state index is 13.7. The quantitative estimate of drug-likeness (QED) is 0.406. The topological polar surface area (TPSA) is 77.1 Å². The zero-order valence-corrected chi connectivity index (χ0v) is 21.9. The first-order chi connectivity index (χ1) is 16.7. The van der Waals surface area contributed by atoms with Crippen molar-refractivity contribution in [1.82, 2.24) is 4.90 Å². The molecule has 1 fully saturated rings. The van der Waals surface area contributed by atoms with Gasteiger partial charge in [0.2, 0.25) is 0 Å². The molecule has 0 unspecified atom stereocenters. The van der Waals surface area contributed by atoms with Gasteiger partial charge in [-0.3, -0.25) is 4.72 Å². The number of methoxy groups -OCH3 is 2. The molecule has 1 N–H and O–H groups in total. The monoisotopic (exact) mass is 536 g/mol. The van der Waals surface area contributed by atoms with Crippen LogP contribution in [0.2, 0.25) is 10.0 Å². The Kier molecular flexibility index (Phi) is 7.66. The SMILES string of the molecule is COc1cc(-c2ccccc2)c(S(=O)(=O)Nc2ccc(Cl)c(O[C@@H]3CCN(C)C3)c2)c(Cl)c1OC. The lowest BCUT2D eigenvalue weighted by atomic mass is 10.0. The van der Waals surface area contributed by atoms with Gasteiger partial charge < -0.3 is 19.1 Å². The Labute approximate surface area is 215 Å². The molecule has 7 nitrogen and oxygen atoms in total. The first kappa shape index (κ1) is 25.4. The third-order valence-electron chi connectivity index (χ3n) is 5.75. The van der Waals surface area contributed by atoms with Crippen LogP contribution in [-0.4, -0.2) is 53.8 Å². The number of hydrogen-bond donors (Lipinski definition) is 1. The fourth-order valence-corrected chi connectivity index (χ4v) is 6.14. The van der Waals surface area contributed by atoms with Crippen LogP contribution in [0, 0.1) is 0 Å². The number of nitrogens with zero attached hydrogens (tertiary/aromatic N) is 1. The van der Waals surface area contributed by atoms with Gasteiger partial charge in [0.25, 0.3) is 10.0 Å². The molecule has 35 heavy (non-hydrogen) atoms. The Morgan fingerprint density at radius 3 is 2.37 bits per heavy atom. The lowest BCUT2D eigenvalue weighted by molar-refractivity contribution is 0.208. The van der Waals surface area contributed by atoms with Crippen molar-refractivity contribution in [1.29, 1.82) is 0 Å². The fourth-order valence-electron chi connectivity index (χ4n) is 4.06. The molecule has 1 atom stereocenters. The first-order valence-electron chi connectivity index (χ1n) is 10.9. The summed E-state index contributed by atoms with van der Waals surface area (Å²) in [4.78, 5) is 2.04. The van der Waals surface area contributed by atoms with Crippen molar-refractivity contribution in [2.45, 2.75) is 17.4 Å². The Morgan fingerprint density at radius 1 is 1.00 bits per heavy atom. The number of nitrogens with one attached hydrogen (secondary N) is 1. The van der Waals surface area contributed by atoms with Gasteiger partial charge in [-0.15, -0.1) is 0 Å². The Balaban J connectivity index is 1.75. The van der Waals surface area contributed by atoms with Crippen LogP contribution >= 0.6 is 23.2 Å². The highest BCUT2D eigenvalue weighted by atomic mass is 35.5. The number of likely N-dealkylation sites (tertiary alicyclic amines) is 1. The number of halogens is 2. The number of rotatable bonds is 8. The lowest BCUT2D eigenvalue weighted by Gasteiger charge is -2.19. The number of sulfonamides is 1. The van der Waals surface area contributed by atoms with Crippen molar-refractivity contribution in [3.63, 3.8) is 0 Å². The lowest BCUT2D eigenvalue weighted by Crippen LogP contribution is -2.21. The number of hydrogen-bond acceptors (Lipinski definition) is 6. The van der Waals surface area contributed by atoms with E-state index in [1.54, 1.807) is 36.4 Å². The summed E-state index contributed by atoms with van der Waals surface area (Å²) in [7, 11) is 0.717. The van der Waals surface area contributed by atoms with E-state index in [9.17, 15) is 8.42 Å². The van der Waals surface area contributed by atoms with Gasteiger partial charge in [-0.2, -0.15) is 0 Å². The van der Waals surface area contributed by atoms with Gasteiger partial charge >= 0.3 is 0 Å². The summed E-state index contributed by atoms with van der Waals surface area (Å²) in [5.74, 6) is 0.854. The summed E-state index contributed by atoms with van der Waals surface area (Å²) in [6.45, 7) is 1.70. The Bertz CT molecular complexity index is 1320. The molecule has 186 valence electrons. The summed E-state index contributed by atoms with van der Waals surface area (Å²) in [6.07, 6.45) is 0.846. The Hall–Kier alpha value is -2.65. The van der Waals surface area contributed by atoms with E-state index in [1.807, 2.05) is 25.2 Å². The molecule has 0 saturated carbocycles. The van der Waals surface area contributed by atoms with Crippen molar-refractivity contribution in [3.05, 3.63) is 64.6 Å². The third-order valence-corrected chi connectivity index (χ3v) is 8.00. The van der Waals surface area contributed by atoms with Crippen LogP contribution in [0.15, 0.2) is 59.5 Å². The standard InChI is InChI=1S/C25H26Cl2N2O5S/c1-29-12-11-18(15-29)34-21-13-17(9-10-20(21)26)28-35(30,31)25-19(16-7-5-4-6-8-16)14-22(32-2)24(33-3)23(25)27/h4-10,13-14,18,28H,11-12,15H2,1-3H3/t18-/m1/s1. The zero-order chi connectivity index (χ0) is 25.2. The minimum absolute atomic E-state index is 0.0191. The molecule has 0 radical (unpaired) electrons. The van der Waals surface area contributed by atoms with E-state index in [0.717, 1.165) is 19.5 Å². The molecule has 3 aromatic rings. The summed E-state index contributed by atoms with van der Waals surface area (Å²) in [5, 5.41) is 0.314. The predicted octanol–water partition coefficient (Wildman–Crippen LogP) is 5.56. The van der Waals surface area contributed by atoms with Crippen LogP contribution in [0.25, 0.3) is 11.1 Å². The van der Waals surface area contributed by atoms with E-state index in [4.69, 9.17) is 37.4 Å². The molecule has 0 aliphatic carbocycles. The molecule has 4 rings (SSSR count). The second kappa shape index (κ2) is 10.5. The highest BCUT2D eigenvalue weighted by molar-refractivity contribution is 7.93. The van der Waals surface area contributed by atoms with Crippen molar-refractivity contribution in [2.24, 2.45) is 0 Å². The Morgan fingerprint density at radius 2 is 1.74 bits per heavy atom. The molecule has 1 heterocycles. The summed E-state index contributed by atoms with van der Waals surface area (Å²) < 4.78 is 46.8. The molecular formula is C25H26Cl2N2O5S. The van der Waals surface area contributed by atoms with Crippen LogP contribution in [0.1, 0.15) is 6.42 Å². The molecule has 0 spiro atoms. The minimum atomic E-state index is -4.17. The smallest absolute Gasteiger partial charge is 0.264 e. The predicted molar refractivity (Wildman–Crippen MR) is 139 cm³/mol. The number of likely N-dealkylation sites (N-methyl/N-ethyl adjacent to an activating group) is 1. The first-order valence-corrected chi connectivity index (χ1v) is 13.1. The normalized spacial score (nSPS) is 16.2. The zero-order valence-electron chi connectivity index (χ0n) is 19.5. The van der Waals surface area contributed by atoms with Gasteiger partial charge in [0.1, 0.15) is 21.8 Å². The van der Waals surface area contributed by atoms with Crippen LogP contribution in [0.3, 0.4) is 0 Å². The van der Waals surface area contributed by atoms with E-state index in [-0.39, 0.29) is 21.8 Å². The molecule has 3 aromatic carbocycles. The van der Waals surface area contributed by atoms with Crippen LogP contribution < -0.4 is 18.9 Å². The van der Waals surface area contributed by atoms with Crippen LogP contribution in [-0.2, 0) is 10.0 Å². The van der Waals surface area contributed by atoms with Crippen molar-refractivity contribution in [3.8, 4) is 28.4 Å². The van der Waals surface area contributed by atoms with Crippen molar-refractivity contribution in [2.75, 3.05) is 39.1 Å². The largest absolute Gasteiger partial charge is 0.493 e. The summed E-state index contributed by atoms with van der Waals surface area (Å²) >= 11 is 12.9. The molecule has 1 aliphatic heterocycles. The third kappa shape index (κ3) is 5.46. The number of benzene rings is 3. The highest BCUT2D eigenvalue weighted by Gasteiger charge is 2.29. The highest BCUT2D eigenvalue weighted by Crippen LogP contribution is 2.46. The number of anilines is 1.